The molecule has 0 bridgehead atoms. The third kappa shape index (κ3) is 2.97. The van der Waals surface area contributed by atoms with Crippen LogP contribution < -0.4 is 5.32 Å². The Morgan fingerprint density at radius 2 is 1.96 bits per heavy atom. The SMILES string of the molecule is O=C(CN1C[C@]2(CC2(F)F)c2cc(Br)ccc2C1=O)Nc1ncc(F)cn1. The number of hydrogen-bond donors (Lipinski definition) is 1. The molecule has 1 fully saturated rings. The van der Waals surface area contributed by atoms with E-state index in [1.807, 2.05) is 0 Å². The molecule has 2 amide bonds. The summed E-state index contributed by atoms with van der Waals surface area (Å²) in [6.07, 6.45) is 1.38. The molecule has 1 aromatic heterocycles. The van der Waals surface area contributed by atoms with Crippen LogP contribution in [0.1, 0.15) is 22.3 Å². The second-order valence-corrected chi connectivity index (χ2v) is 7.50. The van der Waals surface area contributed by atoms with Gasteiger partial charge in [0.25, 0.3) is 11.8 Å². The summed E-state index contributed by atoms with van der Waals surface area (Å²) in [5.41, 5.74) is -1.02. The smallest absolute Gasteiger partial charge is 0.260 e. The first-order valence-corrected chi connectivity index (χ1v) is 8.76. The Balaban J connectivity index is 1.57. The number of nitrogens with zero attached hydrogens (tertiary/aromatic N) is 3. The van der Waals surface area contributed by atoms with Gasteiger partial charge in [-0.2, -0.15) is 0 Å². The molecule has 1 N–H and O–H groups in total. The van der Waals surface area contributed by atoms with Crippen LogP contribution in [0.3, 0.4) is 0 Å². The first-order chi connectivity index (χ1) is 12.7. The van der Waals surface area contributed by atoms with Gasteiger partial charge in [-0.05, 0) is 23.8 Å². The summed E-state index contributed by atoms with van der Waals surface area (Å²) in [5.74, 6) is -4.91. The molecule has 1 saturated carbocycles. The summed E-state index contributed by atoms with van der Waals surface area (Å²) in [5, 5.41) is 2.32. The molecule has 6 nitrogen and oxygen atoms in total. The molecule has 4 rings (SSSR count). The monoisotopic (exact) mass is 440 g/mol. The van der Waals surface area contributed by atoms with E-state index in [1.54, 1.807) is 6.07 Å². The van der Waals surface area contributed by atoms with Gasteiger partial charge >= 0.3 is 0 Å². The molecule has 1 aliphatic heterocycles. The summed E-state index contributed by atoms with van der Waals surface area (Å²) in [6.45, 7) is -0.702. The van der Waals surface area contributed by atoms with Crippen LogP contribution in [0.5, 0.6) is 0 Å². The van der Waals surface area contributed by atoms with Crippen molar-refractivity contribution in [2.75, 3.05) is 18.4 Å². The molecule has 1 atom stereocenters. The van der Waals surface area contributed by atoms with Gasteiger partial charge in [0.1, 0.15) is 6.54 Å². The minimum absolute atomic E-state index is 0.137. The predicted octanol–water partition coefficient (Wildman–Crippen LogP) is 2.75. The zero-order valence-corrected chi connectivity index (χ0v) is 15.3. The van der Waals surface area contributed by atoms with Crippen LogP contribution in [0, 0.1) is 5.82 Å². The lowest BCUT2D eigenvalue weighted by Gasteiger charge is -2.34. The quantitative estimate of drug-likeness (QED) is 0.795. The maximum atomic E-state index is 14.2. The van der Waals surface area contributed by atoms with E-state index >= 15 is 0 Å². The van der Waals surface area contributed by atoms with E-state index < -0.39 is 35.5 Å². The highest BCUT2D eigenvalue weighted by molar-refractivity contribution is 9.10. The highest BCUT2D eigenvalue weighted by Gasteiger charge is 2.74. The van der Waals surface area contributed by atoms with E-state index in [1.165, 1.54) is 12.1 Å². The Hall–Kier alpha value is -2.49. The molecule has 0 unspecified atom stereocenters. The number of rotatable bonds is 3. The molecule has 1 spiro atoms. The number of amides is 2. The van der Waals surface area contributed by atoms with Gasteiger partial charge in [-0.3, -0.25) is 14.9 Å². The summed E-state index contributed by atoms with van der Waals surface area (Å²) < 4.78 is 41.8. The molecule has 2 aromatic rings. The summed E-state index contributed by atoms with van der Waals surface area (Å²) in [6, 6.07) is 4.61. The van der Waals surface area contributed by atoms with Crippen LogP contribution in [0.2, 0.25) is 0 Å². The van der Waals surface area contributed by atoms with Gasteiger partial charge in [0, 0.05) is 23.0 Å². The number of fused-ring (bicyclic) bond motifs is 2. The number of benzene rings is 1. The number of alkyl halides is 2. The van der Waals surface area contributed by atoms with Gasteiger partial charge in [0.2, 0.25) is 11.9 Å². The number of halogens is 4. The first-order valence-electron chi connectivity index (χ1n) is 7.96. The highest BCUT2D eigenvalue weighted by Crippen LogP contribution is 2.64. The topological polar surface area (TPSA) is 75.2 Å². The zero-order chi connectivity index (χ0) is 19.4. The van der Waals surface area contributed by atoms with Crippen molar-refractivity contribution in [1.29, 1.82) is 0 Å². The van der Waals surface area contributed by atoms with E-state index in [4.69, 9.17) is 0 Å². The van der Waals surface area contributed by atoms with Gasteiger partial charge in [-0.25, -0.2) is 23.1 Å². The number of carbonyl (C=O) groups is 2. The van der Waals surface area contributed by atoms with E-state index in [9.17, 15) is 22.8 Å². The second kappa shape index (κ2) is 6.01. The average Bonchev–Trinajstić information content (AvgIpc) is 3.16. The number of hydrogen-bond acceptors (Lipinski definition) is 4. The van der Waals surface area contributed by atoms with Crippen LogP contribution >= 0.6 is 15.9 Å². The lowest BCUT2D eigenvalue weighted by molar-refractivity contribution is -0.117. The van der Waals surface area contributed by atoms with Crippen molar-refractivity contribution in [3.8, 4) is 0 Å². The molecule has 1 aromatic carbocycles. The van der Waals surface area contributed by atoms with E-state index in [0.29, 0.717) is 10.0 Å². The molecule has 2 heterocycles. The van der Waals surface area contributed by atoms with E-state index in [-0.39, 0.29) is 24.5 Å². The Morgan fingerprint density at radius 3 is 2.59 bits per heavy atom. The van der Waals surface area contributed by atoms with Gasteiger partial charge in [0.05, 0.1) is 17.8 Å². The van der Waals surface area contributed by atoms with Gasteiger partial charge < -0.3 is 4.90 Å². The lowest BCUT2D eigenvalue weighted by Crippen LogP contribution is -2.48. The third-order valence-electron chi connectivity index (χ3n) is 4.78. The number of carbonyl (C=O) groups excluding carboxylic acids is 2. The van der Waals surface area contributed by atoms with Crippen LogP contribution in [0.4, 0.5) is 19.1 Å². The van der Waals surface area contributed by atoms with Crippen molar-refractivity contribution in [1.82, 2.24) is 14.9 Å². The van der Waals surface area contributed by atoms with E-state index in [0.717, 1.165) is 17.3 Å². The van der Waals surface area contributed by atoms with Crippen molar-refractivity contribution in [2.45, 2.75) is 17.8 Å². The van der Waals surface area contributed by atoms with E-state index in [2.05, 4.69) is 31.2 Å². The number of aromatic nitrogens is 2. The van der Waals surface area contributed by atoms with Crippen molar-refractivity contribution in [3.05, 3.63) is 52.0 Å². The van der Waals surface area contributed by atoms with Crippen molar-refractivity contribution < 1.29 is 22.8 Å². The Labute approximate surface area is 159 Å². The molecule has 2 aliphatic rings. The van der Waals surface area contributed by atoms with Crippen LogP contribution in [-0.4, -0.2) is 45.7 Å². The molecular formula is C17H12BrF3N4O2. The first kappa shape index (κ1) is 17.9. The fraction of sp³-hybridized carbons (Fsp3) is 0.294. The van der Waals surface area contributed by atoms with Gasteiger partial charge in [0.15, 0.2) is 5.82 Å². The highest BCUT2D eigenvalue weighted by atomic mass is 79.9. The van der Waals surface area contributed by atoms with Gasteiger partial charge in [-0.15, -0.1) is 0 Å². The second-order valence-electron chi connectivity index (χ2n) is 6.59. The summed E-state index contributed by atoms with van der Waals surface area (Å²) in [7, 11) is 0. The molecule has 0 saturated heterocycles. The normalized spacial score (nSPS) is 22.5. The zero-order valence-electron chi connectivity index (χ0n) is 13.7. The van der Waals surface area contributed by atoms with Crippen LogP contribution in [0.15, 0.2) is 35.1 Å². The lowest BCUT2D eigenvalue weighted by atomic mass is 9.86. The van der Waals surface area contributed by atoms with Crippen molar-refractivity contribution >= 4 is 33.7 Å². The Bertz CT molecular complexity index is 954. The molecular weight excluding hydrogens is 429 g/mol. The summed E-state index contributed by atoms with van der Waals surface area (Å²) in [4.78, 5) is 33.2. The maximum Gasteiger partial charge on any atom is 0.260 e. The molecule has 10 heteroatoms. The minimum atomic E-state index is -2.95. The van der Waals surface area contributed by atoms with Gasteiger partial charge in [-0.1, -0.05) is 15.9 Å². The Kier molecular flexibility index (Phi) is 3.99. The minimum Gasteiger partial charge on any atom is -0.328 e. The van der Waals surface area contributed by atoms with Crippen LogP contribution in [0.25, 0.3) is 0 Å². The van der Waals surface area contributed by atoms with Crippen LogP contribution in [-0.2, 0) is 10.2 Å². The molecule has 1 aliphatic carbocycles. The molecule has 27 heavy (non-hydrogen) atoms. The summed E-state index contributed by atoms with van der Waals surface area (Å²) >= 11 is 3.25. The number of anilines is 1. The predicted molar refractivity (Wildman–Crippen MR) is 91.9 cm³/mol. The average molecular weight is 441 g/mol. The fourth-order valence-electron chi connectivity index (χ4n) is 3.39. The Morgan fingerprint density at radius 1 is 1.30 bits per heavy atom. The van der Waals surface area contributed by atoms with Crippen molar-refractivity contribution in [2.24, 2.45) is 0 Å². The maximum absolute atomic E-state index is 14.2. The molecule has 0 radical (unpaired) electrons. The standard InChI is InChI=1S/C17H12BrF3N4O2/c18-9-1-2-11-12(3-9)16(7-17(16,20)21)8-25(14(11)27)6-13(26)24-15-22-4-10(19)5-23-15/h1-5H,6-8H2,(H,22,23,24,26)/t16-/m1/s1. The largest absolute Gasteiger partial charge is 0.328 e. The molecule has 140 valence electrons. The third-order valence-corrected chi connectivity index (χ3v) is 5.27. The van der Waals surface area contributed by atoms with Crippen molar-refractivity contribution in [3.63, 3.8) is 0 Å². The fourth-order valence-corrected chi connectivity index (χ4v) is 3.75. The number of nitrogens with one attached hydrogen (secondary N) is 1.